The summed E-state index contributed by atoms with van der Waals surface area (Å²) < 4.78 is 5.46. The van der Waals surface area contributed by atoms with Crippen molar-refractivity contribution in [2.75, 3.05) is 19.7 Å². The van der Waals surface area contributed by atoms with Crippen LogP contribution >= 0.6 is 0 Å². The Labute approximate surface area is 88.5 Å². The van der Waals surface area contributed by atoms with E-state index in [1.165, 1.54) is 6.42 Å². The van der Waals surface area contributed by atoms with Gasteiger partial charge < -0.3 is 15.8 Å². The molecule has 0 spiro atoms. The van der Waals surface area contributed by atoms with Gasteiger partial charge in [-0.1, -0.05) is 0 Å². The summed E-state index contributed by atoms with van der Waals surface area (Å²) in [5.41, 5.74) is 4.78. The fraction of sp³-hybridized carbons (Fsp3) is 0.778. The monoisotopic (exact) mass is 215 g/mol. The van der Waals surface area contributed by atoms with E-state index in [2.05, 4.69) is 5.32 Å². The first-order valence-electron chi connectivity index (χ1n) is 5.10. The molecule has 0 aromatic heterocycles. The molecule has 86 valence electrons. The summed E-state index contributed by atoms with van der Waals surface area (Å²) >= 11 is 0. The largest absolute Gasteiger partial charge is 0.377 e. The van der Waals surface area contributed by atoms with Gasteiger partial charge in [0.2, 0.25) is 5.91 Å². The number of ether oxygens (including phenoxy) is 1. The van der Waals surface area contributed by atoms with Gasteiger partial charge in [0.25, 0.3) is 0 Å². The average molecular weight is 215 g/mol. The SMILES string of the molecule is NC(=O)NC(=O)CNCC1CCCCO1. The highest BCUT2D eigenvalue weighted by molar-refractivity contribution is 5.94. The van der Waals surface area contributed by atoms with Crippen molar-refractivity contribution >= 4 is 11.9 Å². The lowest BCUT2D eigenvalue weighted by molar-refractivity contribution is -0.119. The van der Waals surface area contributed by atoms with Crippen LogP contribution in [0.2, 0.25) is 0 Å². The predicted octanol–water partition coefficient (Wildman–Crippen LogP) is -0.660. The molecule has 0 radical (unpaired) electrons. The molecule has 3 amide bonds. The van der Waals surface area contributed by atoms with Crippen LogP contribution in [0.1, 0.15) is 19.3 Å². The van der Waals surface area contributed by atoms with Crippen molar-refractivity contribution in [3.05, 3.63) is 0 Å². The van der Waals surface area contributed by atoms with Gasteiger partial charge in [-0.2, -0.15) is 0 Å². The van der Waals surface area contributed by atoms with Crippen molar-refractivity contribution in [1.82, 2.24) is 10.6 Å². The molecule has 4 N–H and O–H groups in total. The lowest BCUT2D eigenvalue weighted by Gasteiger charge is -2.22. The molecule has 1 atom stereocenters. The second-order valence-corrected chi connectivity index (χ2v) is 3.53. The molecule has 1 heterocycles. The van der Waals surface area contributed by atoms with Gasteiger partial charge in [-0.15, -0.1) is 0 Å². The minimum atomic E-state index is -0.823. The van der Waals surface area contributed by atoms with Crippen molar-refractivity contribution in [3.8, 4) is 0 Å². The molecule has 0 bridgehead atoms. The van der Waals surface area contributed by atoms with Gasteiger partial charge in [-0.25, -0.2) is 4.79 Å². The van der Waals surface area contributed by atoms with E-state index in [0.717, 1.165) is 19.4 Å². The zero-order chi connectivity index (χ0) is 11.1. The maximum atomic E-state index is 11.0. The maximum absolute atomic E-state index is 11.0. The van der Waals surface area contributed by atoms with Crippen molar-refractivity contribution in [1.29, 1.82) is 0 Å². The highest BCUT2D eigenvalue weighted by atomic mass is 16.5. The molecule has 1 fully saturated rings. The van der Waals surface area contributed by atoms with Gasteiger partial charge >= 0.3 is 6.03 Å². The maximum Gasteiger partial charge on any atom is 0.318 e. The zero-order valence-corrected chi connectivity index (χ0v) is 8.62. The third-order valence-corrected chi connectivity index (χ3v) is 2.19. The summed E-state index contributed by atoms with van der Waals surface area (Å²) in [4.78, 5) is 21.3. The number of primary amides is 1. The van der Waals surface area contributed by atoms with E-state index in [1.807, 2.05) is 5.32 Å². The fourth-order valence-electron chi connectivity index (χ4n) is 1.50. The van der Waals surface area contributed by atoms with Gasteiger partial charge in [-0.05, 0) is 19.3 Å². The van der Waals surface area contributed by atoms with Gasteiger partial charge in [0.15, 0.2) is 0 Å². The summed E-state index contributed by atoms with van der Waals surface area (Å²) in [6.45, 7) is 1.51. The second kappa shape index (κ2) is 6.36. The Morgan fingerprint density at radius 3 is 2.80 bits per heavy atom. The number of amides is 3. The topological polar surface area (TPSA) is 93.5 Å². The smallest absolute Gasteiger partial charge is 0.318 e. The summed E-state index contributed by atoms with van der Waals surface area (Å²) in [5.74, 6) is -0.418. The first-order valence-corrected chi connectivity index (χ1v) is 5.10. The molecule has 0 aliphatic carbocycles. The molecule has 1 rings (SSSR count). The van der Waals surface area contributed by atoms with Gasteiger partial charge in [0.1, 0.15) is 0 Å². The number of hydrogen-bond donors (Lipinski definition) is 3. The summed E-state index contributed by atoms with van der Waals surface area (Å²) in [6, 6.07) is -0.823. The minimum absolute atomic E-state index is 0.0861. The van der Waals surface area contributed by atoms with Crippen LogP contribution < -0.4 is 16.4 Å². The van der Waals surface area contributed by atoms with Crippen LogP contribution in [-0.4, -0.2) is 37.7 Å². The molecule has 6 nitrogen and oxygen atoms in total. The molecule has 15 heavy (non-hydrogen) atoms. The van der Waals surface area contributed by atoms with Crippen molar-refractivity contribution < 1.29 is 14.3 Å². The minimum Gasteiger partial charge on any atom is -0.377 e. The first kappa shape index (κ1) is 11.9. The van der Waals surface area contributed by atoms with Crippen LogP contribution in [0.3, 0.4) is 0 Å². The van der Waals surface area contributed by atoms with Crippen LogP contribution in [-0.2, 0) is 9.53 Å². The van der Waals surface area contributed by atoms with E-state index in [4.69, 9.17) is 10.5 Å². The van der Waals surface area contributed by atoms with Gasteiger partial charge in [0, 0.05) is 13.2 Å². The quantitative estimate of drug-likeness (QED) is 0.580. The average Bonchev–Trinajstić information content (AvgIpc) is 2.18. The Hall–Kier alpha value is -1.14. The summed E-state index contributed by atoms with van der Waals surface area (Å²) in [5, 5.41) is 4.89. The molecule has 1 aliphatic rings. The predicted molar refractivity (Wildman–Crippen MR) is 54.2 cm³/mol. The third kappa shape index (κ3) is 5.34. The number of nitrogens with two attached hydrogens (primary N) is 1. The van der Waals surface area contributed by atoms with E-state index in [0.29, 0.717) is 6.54 Å². The van der Waals surface area contributed by atoms with Crippen LogP contribution in [0.15, 0.2) is 0 Å². The number of urea groups is 1. The van der Waals surface area contributed by atoms with Crippen LogP contribution in [0, 0.1) is 0 Å². The molecule has 0 aromatic rings. The van der Waals surface area contributed by atoms with Crippen molar-refractivity contribution in [2.24, 2.45) is 5.73 Å². The number of nitrogens with one attached hydrogen (secondary N) is 2. The third-order valence-electron chi connectivity index (χ3n) is 2.19. The van der Waals surface area contributed by atoms with E-state index < -0.39 is 11.9 Å². The summed E-state index contributed by atoms with van der Waals surface area (Å²) in [7, 11) is 0. The molecule has 0 saturated carbocycles. The lowest BCUT2D eigenvalue weighted by Crippen LogP contribution is -2.42. The molecule has 1 unspecified atom stereocenters. The van der Waals surface area contributed by atoms with E-state index >= 15 is 0 Å². The number of rotatable bonds is 4. The van der Waals surface area contributed by atoms with Crippen LogP contribution in [0.25, 0.3) is 0 Å². The van der Waals surface area contributed by atoms with Crippen LogP contribution in [0.5, 0.6) is 0 Å². The Morgan fingerprint density at radius 2 is 2.20 bits per heavy atom. The number of carbonyl (C=O) groups is 2. The van der Waals surface area contributed by atoms with E-state index in [1.54, 1.807) is 0 Å². The Bertz CT molecular complexity index is 227. The van der Waals surface area contributed by atoms with Gasteiger partial charge in [-0.3, -0.25) is 10.1 Å². The molecule has 6 heteroatoms. The molecular weight excluding hydrogens is 198 g/mol. The normalized spacial score (nSPS) is 20.9. The van der Waals surface area contributed by atoms with E-state index in [9.17, 15) is 9.59 Å². The van der Waals surface area contributed by atoms with E-state index in [-0.39, 0.29) is 12.6 Å². The number of hydrogen-bond acceptors (Lipinski definition) is 4. The lowest BCUT2D eigenvalue weighted by atomic mass is 10.1. The van der Waals surface area contributed by atoms with Crippen molar-refractivity contribution in [2.45, 2.75) is 25.4 Å². The molecule has 1 saturated heterocycles. The standard InChI is InChI=1S/C9H17N3O3/c10-9(14)12-8(13)6-11-5-7-3-1-2-4-15-7/h7,11H,1-6H2,(H3,10,12,13,14). The second-order valence-electron chi connectivity index (χ2n) is 3.53. The Balaban J connectivity index is 2.04. The summed E-state index contributed by atoms with van der Waals surface area (Å²) in [6.07, 6.45) is 3.48. The molecular formula is C9H17N3O3. The van der Waals surface area contributed by atoms with Gasteiger partial charge in [0.05, 0.1) is 12.6 Å². The zero-order valence-electron chi connectivity index (χ0n) is 8.62. The highest BCUT2D eigenvalue weighted by Crippen LogP contribution is 2.11. The Kier molecular flexibility index (Phi) is 5.06. The van der Waals surface area contributed by atoms with Crippen LogP contribution in [0.4, 0.5) is 4.79 Å². The molecule has 1 aliphatic heterocycles. The van der Waals surface area contributed by atoms with Crippen molar-refractivity contribution in [3.63, 3.8) is 0 Å². The fourth-order valence-corrected chi connectivity index (χ4v) is 1.50. The molecule has 0 aromatic carbocycles. The number of imide groups is 1. The highest BCUT2D eigenvalue weighted by Gasteiger charge is 2.13. The Morgan fingerprint density at radius 1 is 1.40 bits per heavy atom. The first-order chi connectivity index (χ1) is 7.18. The number of carbonyl (C=O) groups excluding carboxylic acids is 2.